The summed E-state index contributed by atoms with van der Waals surface area (Å²) in [5, 5.41) is 9.31. The Balaban J connectivity index is 2.25. The largest absolute Gasteiger partial charge is 0.508 e. The van der Waals surface area contributed by atoms with Crippen LogP contribution in [0.1, 0.15) is 12.8 Å². The van der Waals surface area contributed by atoms with Gasteiger partial charge < -0.3 is 10.8 Å². The van der Waals surface area contributed by atoms with E-state index in [9.17, 15) is 13.5 Å². The molecule has 0 unspecified atom stereocenters. The first-order valence-corrected chi connectivity index (χ1v) is 6.99. The van der Waals surface area contributed by atoms with Gasteiger partial charge in [0, 0.05) is 19.1 Å². The van der Waals surface area contributed by atoms with E-state index in [1.165, 1.54) is 28.6 Å². The maximum atomic E-state index is 12.2. The van der Waals surface area contributed by atoms with Crippen LogP contribution in [-0.4, -0.2) is 37.0 Å². The lowest BCUT2D eigenvalue weighted by atomic mass is 10.1. The molecule has 0 amide bonds. The van der Waals surface area contributed by atoms with Crippen LogP contribution >= 0.6 is 0 Å². The first-order chi connectivity index (χ1) is 8.00. The zero-order valence-electron chi connectivity index (χ0n) is 9.41. The second kappa shape index (κ2) is 4.64. The van der Waals surface area contributed by atoms with E-state index in [-0.39, 0.29) is 16.7 Å². The number of hydrogen-bond donors (Lipinski definition) is 2. The molecule has 5 nitrogen and oxygen atoms in total. The van der Waals surface area contributed by atoms with E-state index < -0.39 is 10.0 Å². The van der Waals surface area contributed by atoms with Crippen LogP contribution in [0.5, 0.6) is 5.75 Å². The van der Waals surface area contributed by atoms with Crippen LogP contribution in [0.2, 0.25) is 0 Å². The molecule has 1 fully saturated rings. The molecule has 1 aromatic carbocycles. The Labute approximate surface area is 101 Å². The van der Waals surface area contributed by atoms with E-state index in [0.29, 0.717) is 25.9 Å². The number of aromatic hydroxyl groups is 1. The molecule has 2 rings (SSSR count). The van der Waals surface area contributed by atoms with E-state index >= 15 is 0 Å². The molecule has 1 aliphatic heterocycles. The first-order valence-electron chi connectivity index (χ1n) is 5.55. The summed E-state index contributed by atoms with van der Waals surface area (Å²) in [5.41, 5.74) is 5.74. The monoisotopic (exact) mass is 256 g/mol. The Hall–Kier alpha value is -1.11. The van der Waals surface area contributed by atoms with Crippen LogP contribution in [0.3, 0.4) is 0 Å². The molecule has 0 bridgehead atoms. The van der Waals surface area contributed by atoms with Crippen molar-refractivity contribution in [2.45, 2.75) is 23.8 Å². The van der Waals surface area contributed by atoms with Gasteiger partial charge >= 0.3 is 0 Å². The zero-order valence-corrected chi connectivity index (χ0v) is 10.2. The summed E-state index contributed by atoms with van der Waals surface area (Å²) in [7, 11) is -3.49. The first kappa shape index (κ1) is 12.3. The molecule has 0 aromatic heterocycles. The second-order valence-electron chi connectivity index (χ2n) is 4.24. The van der Waals surface area contributed by atoms with Gasteiger partial charge in [-0.25, -0.2) is 8.42 Å². The van der Waals surface area contributed by atoms with Gasteiger partial charge in [-0.05, 0) is 31.0 Å². The van der Waals surface area contributed by atoms with Gasteiger partial charge in [-0.15, -0.1) is 0 Å². The normalized spacial score (nSPS) is 19.4. The van der Waals surface area contributed by atoms with Gasteiger partial charge in [0.1, 0.15) is 5.75 Å². The molecule has 1 heterocycles. The summed E-state index contributed by atoms with van der Waals surface area (Å²) in [6, 6.07) is 5.82. The fraction of sp³-hybridized carbons (Fsp3) is 0.455. The number of hydrogen-bond acceptors (Lipinski definition) is 4. The third-order valence-electron chi connectivity index (χ3n) is 2.95. The van der Waals surface area contributed by atoms with Crippen LogP contribution in [-0.2, 0) is 10.0 Å². The Bertz CT molecular complexity index is 493. The SMILES string of the molecule is NC1CCN(S(=O)(=O)c2cccc(O)c2)CC1. The highest BCUT2D eigenvalue weighted by atomic mass is 32.2. The predicted molar refractivity (Wildman–Crippen MR) is 64.1 cm³/mol. The van der Waals surface area contributed by atoms with Crippen LogP contribution < -0.4 is 5.73 Å². The Morgan fingerprint density at radius 1 is 1.29 bits per heavy atom. The number of benzene rings is 1. The highest BCUT2D eigenvalue weighted by Gasteiger charge is 2.28. The number of nitrogens with zero attached hydrogens (tertiary/aromatic N) is 1. The molecule has 0 aliphatic carbocycles. The lowest BCUT2D eigenvalue weighted by molar-refractivity contribution is 0.320. The lowest BCUT2D eigenvalue weighted by Gasteiger charge is -2.29. The van der Waals surface area contributed by atoms with Crippen molar-refractivity contribution in [3.05, 3.63) is 24.3 Å². The summed E-state index contributed by atoms with van der Waals surface area (Å²) in [5.74, 6) is -0.0419. The molecular weight excluding hydrogens is 240 g/mol. The van der Waals surface area contributed by atoms with Crippen molar-refractivity contribution in [3.63, 3.8) is 0 Å². The number of piperidine rings is 1. The van der Waals surface area contributed by atoms with Gasteiger partial charge in [0.2, 0.25) is 10.0 Å². The number of phenols is 1. The van der Waals surface area contributed by atoms with Crippen LogP contribution in [0.25, 0.3) is 0 Å². The fourth-order valence-corrected chi connectivity index (χ4v) is 3.42. The predicted octanol–water partition coefficient (Wildman–Crippen LogP) is 0.504. The fourth-order valence-electron chi connectivity index (χ4n) is 1.91. The molecule has 3 N–H and O–H groups in total. The minimum Gasteiger partial charge on any atom is -0.508 e. The van der Waals surface area contributed by atoms with E-state index in [4.69, 9.17) is 5.73 Å². The molecule has 0 atom stereocenters. The molecule has 1 aromatic rings. The number of nitrogens with two attached hydrogens (primary N) is 1. The van der Waals surface area contributed by atoms with Crippen molar-refractivity contribution in [1.29, 1.82) is 0 Å². The van der Waals surface area contributed by atoms with Crippen molar-refractivity contribution in [2.75, 3.05) is 13.1 Å². The molecule has 6 heteroatoms. The van der Waals surface area contributed by atoms with Crippen molar-refractivity contribution in [1.82, 2.24) is 4.31 Å². The van der Waals surface area contributed by atoms with Gasteiger partial charge in [0.15, 0.2) is 0 Å². The molecule has 1 aliphatic rings. The van der Waals surface area contributed by atoms with Gasteiger partial charge in [0.05, 0.1) is 4.90 Å². The third-order valence-corrected chi connectivity index (χ3v) is 4.85. The lowest BCUT2D eigenvalue weighted by Crippen LogP contribution is -2.42. The summed E-state index contributed by atoms with van der Waals surface area (Å²) in [6.45, 7) is 0.887. The standard InChI is InChI=1S/C11H16N2O3S/c12-9-4-6-13(7-5-9)17(15,16)11-3-1-2-10(14)8-11/h1-3,8-9,14H,4-7,12H2. The molecule has 0 saturated carbocycles. The minimum absolute atomic E-state index is 0.0419. The van der Waals surface area contributed by atoms with E-state index in [1.54, 1.807) is 0 Å². The number of rotatable bonds is 2. The second-order valence-corrected chi connectivity index (χ2v) is 6.18. The summed E-state index contributed by atoms with van der Waals surface area (Å²) in [4.78, 5) is 0.132. The maximum Gasteiger partial charge on any atom is 0.243 e. The third kappa shape index (κ3) is 2.59. The maximum absolute atomic E-state index is 12.2. The van der Waals surface area contributed by atoms with Gasteiger partial charge in [-0.3, -0.25) is 0 Å². The van der Waals surface area contributed by atoms with Crippen molar-refractivity contribution >= 4 is 10.0 Å². The average molecular weight is 256 g/mol. The molecule has 1 saturated heterocycles. The van der Waals surface area contributed by atoms with Gasteiger partial charge in [0.25, 0.3) is 0 Å². The summed E-state index contributed by atoms with van der Waals surface area (Å²) in [6.07, 6.45) is 1.36. The summed E-state index contributed by atoms with van der Waals surface area (Å²) < 4.78 is 25.9. The molecule has 94 valence electrons. The van der Waals surface area contributed by atoms with Crippen LogP contribution in [0.4, 0.5) is 0 Å². The van der Waals surface area contributed by atoms with E-state index in [1.807, 2.05) is 0 Å². The smallest absolute Gasteiger partial charge is 0.243 e. The van der Waals surface area contributed by atoms with Gasteiger partial charge in [-0.2, -0.15) is 4.31 Å². The average Bonchev–Trinajstić information content (AvgIpc) is 2.29. The van der Waals surface area contributed by atoms with Crippen molar-refractivity contribution < 1.29 is 13.5 Å². The number of phenolic OH excluding ortho intramolecular Hbond substituents is 1. The van der Waals surface area contributed by atoms with Crippen molar-refractivity contribution in [3.8, 4) is 5.75 Å². The highest BCUT2D eigenvalue weighted by molar-refractivity contribution is 7.89. The van der Waals surface area contributed by atoms with E-state index in [2.05, 4.69) is 0 Å². The highest BCUT2D eigenvalue weighted by Crippen LogP contribution is 2.22. The zero-order chi connectivity index (χ0) is 12.5. The molecule has 17 heavy (non-hydrogen) atoms. The Morgan fingerprint density at radius 2 is 1.94 bits per heavy atom. The minimum atomic E-state index is -3.49. The quantitative estimate of drug-likeness (QED) is 0.807. The van der Waals surface area contributed by atoms with Crippen LogP contribution in [0, 0.1) is 0 Å². The van der Waals surface area contributed by atoms with Crippen molar-refractivity contribution in [2.24, 2.45) is 5.73 Å². The van der Waals surface area contributed by atoms with E-state index in [0.717, 1.165) is 0 Å². The van der Waals surface area contributed by atoms with Crippen LogP contribution in [0.15, 0.2) is 29.2 Å². The Morgan fingerprint density at radius 3 is 2.53 bits per heavy atom. The molecular formula is C11H16N2O3S. The molecule has 0 spiro atoms. The topological polar surface area (TPSA) is 83.6 Å². The molecule has 0 radical (unpaired) electrons. The Kier molecular flexibility index (Phi) is 3.37. The summed E-state index contributed by atoms with van der Waals surface area (Å²) >= 11 is 0. The van der Waals surface area contributed by atoms with Gasteiger partial charge in [-0.1, -0.05) is 6.07 Å². The number of sulfonamides is 1.